The van der Waals surface area contributed by atoms with E-state index in [0.717, 1.165) is 6.42 Å². The molecule has 0 aliphatic carbocycles. The summed E-state index contributed by atoms with van der Waals surface area (Å²) in [6, 6.07) is 12.4. The van der Waals surface area contributed by atoms with Crippen LogP contribution in [0.1, 0.15) is 18.1 Å². The number of rotatable bonds is 3. The predicted molar refractivity (Wildman–Crippen MR) is 77.4 cm³/mol. The van der Waals surface area contributed by atoms with Crippen molar-refractivity contribution in [1.29, 1.82) is 5.26 Å². The molecule has 0 saturated heterocycles. The number of urea groups is 1. The number of aromatic nitrogens is 1. The van der Waals surface area contributed by atoms with Crippen LogP contribution in [0.5, 0.6) is 0 Å². The lowest BCUT2D eigenvalue weighted by Gasteiger charge is -2.07. The van der Waals surface area contributed by atoms with E-state index in [-0.39, 0.29) is 6.03 Å². The molecule has 0 aliphatic heterocycles. The monoisotopic (exact) mass is 266 g/mol. The van der Waals surface area contributed by atoms with Gasteiger partial charge in [-0.25, -0.2) is 9.78 Å². The van der Waals surface area contributed by atoms with Crippen molar-refractivity contribution < 1.29 is 4.79 Å². The third-order valence-electron chi connectivity index (χ3n) is 2.75. The van der Waals surface area contributed by atoms with Crippen LogP contribution in [0.3, 0.4) is 0 Å². The van der Waals surface area contributed by atoms with Crippen LogP contribution in [0, 0.1) is 11.3 Å². The zero-order chi connectivity index (χ0) is 14.4. The number of carbonyl (C=O) groups excluding carboxylic acids is 1. The van der Waals surface area contributed by atoms with Gasteiger partial charge in [-0.1, -0.05) is 19.1 Å². The highest BCUT2D eigenvalue weighted by Crippen LogP contribution is 2.11. The largest absolute Gasteiger partial charge is 0.324 e. The Labute approximate surface area is 117 Å². The zero-order valence-corrected chi connectivity index (χ0v) is 11.1. The quantitative estimate of drug-likeness (QED) is 0.895. The second kappa shape index (κ2) is 6.34. The maximum Gasteiger partial charge on any atom is 0.324 e. The molecule has 0 fully saturated rings. The molecule has 0 radical (unpaired) electrons. The van der Waals surface area contributed by atoms with E-state index >= 15 is 0 Å². The summed E-state index contributed by atoms with van der Waals surface area (Å²) in [5.41, 5.74) is 2.38. The van der Waals surface area contributed by atoms with Gasteiger partial charge >= 0.3 is 6.03 Å². The summed E-state index contributed by atoms with van der Waals surface area (Å²) >= 11 is 0. The third-order valence-corrected chi connectivity index (χ3v) is 2.75. The molecule has 2 N–H and O–H groups in total. The van der Waals surface area contributed by atoms with Crippen LogP contribution in [0.4, 0.5) is 16.3 Å². The molecule has 1 aromatic carbocycles. The highest BCUT2D eigenvalue weighted by Gasteiger charge is 2.03. The average Bonchev–Trinajstić information content (AvgIpc) is 2.49. The fraction of sp³-hybridized carbons (Fsp3) is 0.133. The van der Waals surface area contributed by atoms with E-state index in [1.807, 2.05) is 30.3 Å². The van der Waals surface area contributed by atoms with Crippen molar-refractivity contribution in [2.75, 3.05) is 10.6 Å². The van der Waals surface area contributed by atoms with Gasteiger partial charge in [-0.05, 0) is 36.2 Å². The topological polar surface area (TPSA) is 77.8 Å². The first-order valence-corrected chi connectivity index (χ1v) is 6.24. The highest BCUT2D eigenvalue weighted by atomic mass is 16.2. The number of nitriles is 1. The van der Waals surface area contributed by atoms with Gasteiger partial charge in [0.25, 0.3) is 0 Å². The molecule has 2 amide bonds. The van der Waals surface area contributed by atoms with Crippen LogP contribution < -0.4 is 10.6 Å². The maximum atomic E-state index is 11.8. The molecule has 2 aromatic rings. The summed E-state index contributed by atoms with van der Waals surface area (Å²) in [6.07, 6.45) is 2.37. The van der Waals surface area contributed by atoms with Crippen molar-refractivity contribution in [3.05, 3.63) is 53.7 Å². The molecule has 0 atom stereocenters. The van der Waals surface area contributed by atoms with Crippen molar-refractivity contribution in [2.24, 2.45) is 0 Å². The number of carbonyl (C=O) groups is 1. The van der Waals surface area contributed by atoms with Crippen molar-refractivity contribution in [3.8, 4) is 6.07 Å². The van der Waals surface area contributed by atoms with Gasteiger partial charge in [0, 0.05) is 11.9 Å². The lowest BCUT2D eigenvalue weighted by molar-refractivity contribution is 0.262. The lowest BCUT2D eigenvalue weighted by Crippen LogP contribution is -2.20. The first-order chi connectivity index (χ1) is 9.71. The smallest absolute Gasteiger partial charge is 0.308 e. The first-order valence-electron chi connectivity index (χ1n) is 6.24. The minimum absolute atomic E-state index is 0.369. The summed E-state index contributed by atoms with van der Waals surface area (Å²) in [5.74, 6) is 0.395. The van der Waals surface area contributed by atoms with E-state index in [1.165, 1.54) is 11.8 Å². The number of hydrogen-bond acceptors (Lipinski definition) is 3. The molecule has 0 unspecified atom stereocenters. The molecule has 5 nitrogen and oxygen atoms in total. The molecule has 0 saturated carbocycles. The van der Waals surface area contributed by atoms with E-state index < -0.39 is 0 Å². The van der Waals surface area contributed by atoms with E-state index in [4.69, 9.17) is 5.26 Å². The Hall–Kier alpha value is -2.87. The zero-order valence-electron chi connectivity index (χ0n) is 11.1. The molecule has 0 aliphatic rings. The van der Waals surface area contributed by atoms with E-state index in [9.17, 15) is 4.79 Å². The van der Waals surface area contributed by atoms with Gasteiger partial charge in [0.2, 0.25) is 0 Å². The van der Waals surface area contributed by atoms with Gasteiger partial charge in [-0.2, -0.15) is 5.26 Å². The standard InChI is InChI=1S/C15H14N4O/c1-2-11-3-6-13(7-4-11)18-15(20)19-14-8-5-12(9-16)10-17-14/h3-8,10H,2H2,1H3,(H2,17,18,19,20). The Balaban J connectivity index is 1.95. The maximum absolute atomic E-state index is 11.8. The average molecular weight is 266 g/mol. The number of anilines is 2. The molecule has 0 bridgehead atoms. The van der Waals surface area contributed by atoms with Gasteiger partial charge in [0.05, 0.1) is 5.56 Å². The Morgan fingerprint density at radius 2 is 1.95 bits per heavy atom. The van der Waals surface area contributed by atoms with E-state index in [0.29, 0.717) is 17.1 Å². The number of amides is 2. The fourth-order valence-electron chi connectivity index (χ4n) is 1.64. The number of hydrogen-bond donors (Lipinski definition) is 2. The van der Waals surface area contributed by atoms with Gasteiger partial charge < -0.3 is 5.32 Å². The summed E-state index contributed by atoms with van der Waals surface area (Å²) in [7, 11) is 0. The van der Waals surface area contributed by atoms with Crippen LogP contribution in [-0.2, 0) is 6.42 Å². The molecule has 20 heavy (non-hydrogen) atoms. The van der Waals surface area contributed by atoms with Crippen LogP contribution >= 0.6 is 0 Å². The van der Waals surface area contributed by atoms with Gasteiger partial charge in [0.15, 0.2) is 0 Å². The third kappa shape index (κ3) is 3.56. The second-order valence-corrected chi connectivity index (χ2v) is 4.17. The van der Waals surface area contributed by atoms with Crippen molar-refractivity contribution in [2.45, 2.75) is 13.3 Å². The molecule has 0 spiro atoms. The molecule has 5 heteroatoms. The van der Waals surface area contributed by atoms with Crippen molar-refractivity contribution in [3.63, 3.8) is 0 Å². The van der Waals surface area contributed by atoms with E-state index in [2.05, 4.69) is 22.5 Å². The minimum atomic E-state index is -0.369. The Morgan fingerprint density at radius 1 is 1.20 bits per heavy atom. The van der Waals surface area contributed by atoms with Crippen LogP contribution in [0.25, 0.3) is 0 Å². The Bertz CT molecular complexity index is 626. The summed E-state index contributed by atoms with van der Waals surface area (Å²) in [4.78, 5) is 15.7. The lowest BCUT2D eigenvalue weighted by atomic mass is 10.1. The first kappa shape index (κ1) is 13.6. The van der Waals surface area contributed by atoms with E-state index in [1.54, 1.807) is 12.1 Å². The van der Waals surface area contributed by atoms with Crippen LogP contribution in [-0.4, -0.2) is 11.0 Å². The number of nitrogens with one attached hydrogen (secondary N) is 2. The molecule has 100 valence electrons. The minimum Gasteiger partial charge on any atom is -0.308 e. The molecule has 1 aromatic heterocycles. The normalized spacial score (nSPS) is 9.60. The molecule has 1 heterocycles. The number of pyridine rings is 1. The summed E-state index contributed by atoms with van der Waals surface area (Å²) in [6.45, 7) is 2.08. The van der Waals surface area contributed by atoms with Crippen molar-refractivity contribution >= 4 is 17.5 Å². The molecule has 2 rings (SSSR count). The number of aryl methyl sites for hydroxylation is 1. The molecular formula is C15H14N4O. The van der Waals surface area contributed by atoms with Crippen LogP contribution in [0.2, 0.25) is 0 Å². The summed E-state index contributed by atoms with van der Waals surface area (Å²) in [5, 5.41) is 14.0. The number of benzene rings is 1. The molecular weight excluding hydrogens is 252 g/mol. The van der Waals surface area contributed by atoms with Crippen molar-refractivity contribution in [1.82, 2.24) is 4.98 Å². The van der Waals surface area contributed by atoms with Gasteiger partial charge in [-0.3, -0.25) is 5.32 Å². The SMILES string of the molecule is CCc1ccc(NC(=O)Nc2ccc(C#N)cn2)cc1. The summed E-state index contributed by atoms with van der Waals surface area (Å²) < 4.78 is 0. The predicted octanol–water partition coefficient (Wildman–Crippen LogP) is 3.16. The fourth-order valence-corrected chi connectivity index (χ4v) is 1.64. The number of nitrogens with zero attached hydrogens (tertiary/aromatic N) is 2. The van der Waals surface area contributed by atoms with Gasteiger partial charge in [-0.15, -0.1) is 0 Å². The van der Waals surface area contributed by atoms with Gasteiger partial charge in [0.1, 0.15) is 11.9 Å². The Morgan fingerprint density at radius 3 is 2.50 bits per heavy atom. The highest BCUT2D eigenvalue weighted by molar-refractivity contribution is 5.99. The van der Waals surface area contributed by atoms with Crippen LogP contribution in [0.15, 0.2) is 42.6 Å². The Kier molecular flexibility index (Phi) is 4.30. The second-order valence-electron chi connectivity index (χ2n) is 4.17.